The summed E-state index contributed by atoms with van der Waals surface area (Å²) in [5, 5.41) is 1.37. The van der Waals surface area contributed by atoms with Gasteiger partial charge in [-0.2, -0.15) is 0 Å². The molecular weight excluding hydrogens is 371 g/mol. The van der Waals surface area contributed by atoms with Gasteiger partial charge in [-0.1, -0.05) is 29.3 Å². The van der Waals surface area contributed by atoms with Crippen molar-refractivity contribution in [3.8, 4) is 0 Å². The number of carbonyl (C=O) groups excluding carboxylic acids is 1. The molecule has 26 heavy (non-hydrogen) atoms. The zero-order valence-corrected chi connectivity index (χ0v) is 15.6. The van der Waals surface area contributed by atoms with E-state index in [1.54, 1.807) is 12.3 Å². The number of fused-ring (bicyclic) bond motifs is 1. The smallest absolute Gasteiger partial charge is 0.228 e. The molecule has 1 amide bonds. The Bertz CT molecular complexity index is 948. The highest BCUT2D eigenvalue weighted by molar-refractivity contribution is 6.31. The number of hydrogen-bond donors (Lipinski definition) is 0. The van der Waals surface area contributed by atoms with Gasteiger partial charge in [-0.15, -0.1) is 0 Å². The number of amides is 1. The summed E-state index contributed by atoms with van der Waals surface area (Å²) in [6.45, 7) is 2.99. The number of anilines is 1. The minimum atomic E-state index is 0.102. The summed E-state index contributed by atoms with van der Waals surface area (Å²) in [4.78, 5) is 21.3. The van der Waals surface area contributed by atoms with Crippen molar-refractivity contribution in [1.82, 2.24) is 14.3 Å². The standard InChI is InChI=1S/C19H18Cl2N4O/c20-14-2-1-3-17(10-14)23-6-8-24(9-7-23)19(26)11-16-13-25-12-15(21)4-5-18(25)22-16/h1-5,10,12-13H,6-9,11H2. The Morgan fingerprint density at radius 3 is 2.58 bits per heavy atom. The van der Waals surface area contributed by atoms with Crippen molar-refractivity contribution in [2.24, 2.45) is 0 Å². The van der Waals surface area contributed by atoms with E-state index in [2.05, 4.69) is 9.88 Å². The van der Waals surface area contributed by atoms with E-state index in [1.807, 2.05) is 45.8 Å². The number of nitrogens with zero attached hydrogens (tertiary/aromatic N) is 4. The van der Waals surface area contributed by atoms with E-state index in [4.69, 9.17) is 23.2 Å². The number of benzene rings is 1. The van der Waals surface area contributed by atoms with Gasteiger partial charge < -0.3 is 14.2 Å². The third-order valence-electron chi connectivity index (χ3n) is 4.60. The summed E-state index contributed by atoms with van der Waals surface area (Å²) in [6.07, 6.45) is 3.96. The molecule has 2 aromatic heterocycles. The second-order valence-corrected chi connectivity index (χ2v) is 7.24. The van der Waals surface area contributed by atoms with Crippen molar-refractivity contribution in [2.45, 2.75) is 6.42 Å². The topological polar surface area (TPSA) is 40.9 Å². The summed E-state index contributed by atoms with van der Waals surface area (Å²) in [5.74, 6) is 0.102. The van der Waals surface area contributed by atoms with E-state index in [-0.39, 0.29) is 5.91 Å². The molecule has 1 aliphatic heterocycles. The summed E-state index contributed by atoms with van der Waals surface area (Å²) < 4.78 is 1.85. The van der Waals surface area contributed by atoms with Crippen LogP contribution in [0.5, 0.6) is 0 Å². The van der Waals surface area contributed by atoms with Gasteiger partial charge in [-0.05, 0) is 30.3 Å². The van der Waals surface area contributed by atoms with Gasteiger partial charge in [0.25, 0.3) is 0 Å². The van der Waals surface area contributed by atoms with Gasteiger partial charge in [0.15, 0.2) is 0 Å². The number of rotatable bonds is 3. The molecule has 1 aliphatic rings. The minimum Gasteiger partial charge on any atom is -0.368 e. The number of aromatic nitrogens is 2. The first kappa shape index (κ1) is 17.2. The number of piperazine rings is 1. The monoisotopic (exact) mass is 388 g/mol. The molecule has 1 fully saturated rings. The molecule has 5 nitrogen and oxygen atoms in total. The number of pyridine rings is 1. The molecule has 0 N–H and O–H groups in total. The van der Waals surface area contributed by atoms with E-state index in [0.29, 0.717) is 24.5 Å². The second kappa shape index (κ2) is 7.17. The lowest BCUT2D eigenvalue weighted by atomic mass is 10.2. The van der Waals surface area contributed by atoms with Gasteiger partial charge in [-0.3, -0.25) is 4.79 Å². The molecule has 134 valence electrons. The SMILES string of the molecule is O=C(Cc1cn2cc(Cl)ccc2n1)N1CCN(c2cccc(Cl)c2)CC1. The van der Waals surface area contributed by atoms with Crippen LogP contribution in [-0.2, 0) is 11.2 Å². The molecule has 3 aromatic rings. The summed E-state index contributed by atoms with van der Waals surface area (Å²) >= 11 is 12.1. The fourth-order valence-corrected chi connectivity index (χ4v) is 3.61. The second-order valence-electron chi connectivity index (χ2n) is 6.37. The Hall–Kier alpha value is -2.24. The molecule has 0 atom stereocenters. The molecule has 0 saturated carbocycles. The highest BCUT2D eigenvalue weighted by atomic mass is 35.5. The Kier molecular flexibility index (Phi) is 4.74. The number of carbonyl (C=O) groups is 1. The molecule has 0 radical (unpaired) electrons. The van der Waals surface area contributed by atoms with Crippen LogP contribution < -0.4 is 4.90 Å². The lowest BCUT2D eigenvalue weighted by Gasteiger charge is -2.36. The quantitative estimate of drug-likeness (QED) is 0.688. The maximum Gasteiger partial charge on any atom is 0.228 e. The van der Waals surface area contributed by atoms with Crippen LogP contribution in [0.2, 0.25) is 10.0 Å². The van der Waals surface area contributed by atoms with Crippen LogP contribution >= 0.6 is 23.2 Å². The molecule has 1 saturated heterocycles. The van der Waals surface area contributed by atoms with Crippen molar-refractivity contribution >= 4 is 40.4 Å². The lowest BCUT2D eigenvalue weighted by molar-refractivity contribution is -0.130. The lowest BCUT2D eigenvalue weighted by Crippen LogP contribution is -2.49. The van der Waals surface area contributed by atoms with Crippen LogP contribution in [-0.4, -0.2) is 46.4 Å². The molecular formula is C19H18Cl2N4O. The maximum absolute atomic E-state index is 12.6. The Balaban J connectivity index is 1.38. The van der Waals surface area contributed by atoms with Gasteiger partial charge in [0, 0.05) is 49.3 Å². The normalized spacial score (nSPS) is 14.8. The van der Waals surface area contributed by atoms with Crippen molar-refractivity contribution in [3.63, 3.8) is 0 Å². The van der Waals surface area contributed by atoms with Gasteiger partial charge in [0.05, 0.1) is 17.1 Å². The molecule has 4 rings (SSSR count). The third kappa shape index (κ3) is 3.64. The predicted molar refractivity (Wildman–Crippen MR) is 104 cm³/mol. The Labute approximate surface area is 161 Å². The molecule has 0 spiro atoms. The van der Waals surface area contributed by atoms with Crippen molar-refractivity contribution in [3.05, 3.63) is 64.5 Å². The number of hydrogen-bond acceptors (Lipinski definition) is 3. The van der Waals surface area contributed by atoms with E-state index in [0.717, 1.165) is 35.1 Å². The molecule has 3 heterocycles. The molecule has 0 aliphatic carbocycles. The minimum absolute atomic E-state index is 0.102. The first-order valence-electron chi connectivity index (χ1n) is 8.50. The van der Waals surface area contributed by atoms with E-state index < -0.39 is 0 Å². The van der Waals surface area contributed by atoms with Crippen LogP contribution in [0.3, 0.4) is 0 Å². The summed E-state index contributed by atoms with van der Waals surface area (Å²) in [7, 11) is 0. The zero-order valence-electron chi connectivity index (χ0n) is 14.1. The zero-order chi connectivity index (χ0) is 18.1. The summed E-state index contributed by atoms with van der Waals surface area (Å²) in [6, 6.07) is 11.5. The first-order valence-corrected chi connectivity index (χ1v) is 9.25. The highest BCUT2D eigenvalue weighted by Gasteiger charge is 2.22. The van der Waals surface area contributed by atoms with Gasteiger partial charge in [0.1, 0.15) is 5.65 Å². The third-order valence-corrected chi connectivity index (χ3v) is 5.06. The van der Waals surface area contributed by atoms with Gasteiger partial charge in [-0.25, -0.2) is 4.98 Å². The number of imidazole rings is 1. The summed E-state index contributed by atoms with van der Waals surface area (Å²) in [5.41, 5.74) is 2.65. The van der Waals surface area contributed by atoms with Crippen LogP contribution in [0.1, 0.15) is 5.69 Å². The van der Waals surface area contributed by atoms with Crippen LogP contribution in [0.25, 0.3) is 5.65 Å². The first-order chi connectivity index (χ1) is 12.6. The number of halogens is 2. The molecule has 1 aromatic carbocycles. The van der Waals surface area contributed by atoms with Crippen LogP contribution in [0.15, 0.2) is 48.8 Å². The maximum atomic E-state index is 12.6. The average molecular weight is 389 g/mol. The largest absolute Gasteiger partial charge is 0.368 e. The highest BCUT2D eigenvalue weighted by Crippen LogP contribution is 2.21. The van der Waals surface area contributed by atoms with E-state index in [1.165, 1.54) is 0 Å². The van der Waals surface area contributed by atoms with Crippen molar-refractivity contribution in [1.29, 1.82) is 0 Å². The van der Waals surface area contributed by atoms with E-state index >= 15 is 0 Å². The fraction of sp³-hybridized carbons (Fsp3) is 0.263. The van der Waals surface area contributed by atoms with Gasteiger partial charge in [0.2, 0.25) is 5.91 Å². The predicted octanol–water partition coefficient (Wildman–Crippen LogP) is 3.53. The van der Waals surface area contributed by atoms with Crippen molar-refractivity contribution in [2.75, 3.05) is 31.1 Å². The van der Waals surface area contributed by atoms with Crippen LogP contribution in [0.4, 0.5) is 5.69 Å². The Morgan fingerprint density at radius 2 is 1.81 bits per heavy atom. The molecule has 7 heteroatoms. The fourth-order valence-electron chi connectivity index (χ4n) is 3.26. The van der Waals surface area contributed by atoms with Crippen LogP contribution in [0, 0.1) is 0 Å². The molecule has 0 unspecified atom stereocenters. The van der Waals surface area contributed by atoms with Gasteiger partial charge >= 0.3 is 0 Å². The van der Waals surface area contributed by atoms with Crippen molar-refractivity contribution < 1.29 is 4.79 Å². The van der Waals surface area contributed by atoms with E-state index in [9.17, 15) is 4.79 Å². The average Bonchev–Trinajstić information content (AvgIpc) is 3.03. The molecule has 0 bridgehead atoms. The Morgan fingerprint density at radius 1 is 1.00 bits per heavy atom.